The van der Waals surface area contributed by atoms with Gasteiger partial charge in [-0.05, 0) is 0 Å². The fourth-order valence-electron chi connectivity index (χ4n) is 4.42. The van der Waals surface area contributed by atoms with Crippen LogP contribution in [0, 0.1) is 0 Å². The fraction of sp³-hybridized carbons (Fsp3) is 1.00. The summed E-state index contributed by atoms with van der Waals surface area (Å²) in [4.78, 5) is 0. The predicted octanol–water partition coefficient (Wildman–Crippen LogP) is 4.99. The van der Waals surface area contributed by atoms with Gasteiger partial charge in [-0.15, -0.1) is 0 Å². The van der Waals surface area contributed by atoms with Crippen molar-refractivity contribution in [1.82, 2.24) is 7.83 Å². The minimum absolute atomic E-state index is 0.325. The van der Waals surface area contributed by atoms with Crippen molar-refractivity contribution in [3.8, 4) is 0 Å². The van der Waals surface area contributed by atoms with E-state index in [-0.39, 0.29) is 0 Å². The Kier molecular flexibility index (Phi) is 4.67. The molecule has 2 fully saturated rings. The topological polar surface area (TPSA) is 6.48 Å². The Morgan fingerprint density at radius 1 is 0.524 bits per heavy atom. The van der Waals surface area contributed by atoms with Gasteiger partial charge in [-0.25, -0.2) is 0 Å². The molecule has 0 atom stereocenters. The molecule has 0 aromatic heterocycles. The van der Waals surface area contributed by atoms with Gasteiger partial charge in [0.05, 0.1) is 0 Å². The van der Waals surface area contributed by atoms with Crippen molar-refractivity contribution < 1.29 is 15.4 Å². The third-order valence-corrected chi connectivity index (χ3v) is 8.76. The number of rotatable bonds is 2. The minimum atomic E-state index is 0.325. The van der Waals surface area contributed by atoms with Gasteiger partial charge in [-0.2, -0.15) is 0 Å². The zero-order valence-electron chi connectivity index (χ0n) is 15.5. The van der Waals surface area contributed by atoms with E-state index in [4.69, 9.17) is 0 Å². The Morgan fingerprint density at radius 3 is 1.00 bits per heavy atom. The Balaban J connectivity index is 2.28. The zero-order chi connectivity index (χ0) is 16.1. The maximum absolute atomic E-state index is 2.82. The first-order valence-corrected chi connectivity index (χ1v) is 9.70. The summed E-state index contributed by atoms with van der Waals surface area (Å²) in [7, 11) is 0. The first-order valence-electron chi connectivity index (χ1n) is 8.65. The van der Waals surface area contributed by atoms with Gasteiger partial charge >= 0.3 is 139 Å². The van der Waals surface area contributed by atoms with E-state index in [9.17, 15) is 0 Å². The second-order valence-corrected chi connectivity index (χ2v) is 10.9. The summed E-state index contributed by atoms with van der Waals surface area (Å²) < 4.78 is 5.64. The van der Waals surface area contributed by atoms with E-state index in [0.717, 1.165) is 15.4 Å². The summed E-state index contributed by atoms with van der Waals surface area (Å²) in [6.07, 6.45) is 8.07. The van der Waals surface area contributed by atoms with Crippen LogP contribution >= 0.6 is 0 Å². The number of hydrogen-bond acceptors (Lipinski definition) is 2. The molecule has 0 amide bonds. The van der Waals surface area contributed by atoms with Crippen LogP contribution in [-0.2, 0) is 15.4 Å². The quantitative estimate of drug-likeness (QED) is 0.656. The van der Waals surface area contributed by atoms with Crippen LogP contribution in [0.3, 0.4) is 0 Å². The van der Waals surface area contributed by atoms with Crippen LogP contribution in [-0.4, -0.2) is 30.0 Å². The van der Waals surface area contributed by atoms with Crippen LogP contribution in [0.2, 0.25) is 0 Å². The molecule has 2 nitrogen and oxygen atoms in total. The molecule has 0 unspecified atom stereocenters. The van der Waals surface area contributed by atoms with E-state index in [2.05, 4.69) is 63.2 Å². The molecule has 21 heavy (non-hydrogen) atoms. The van der Waals surface area contributed by atoms with Crippen LogP contribution in [0.15, 0.2) is 0 Å². The average Bonchev–Trinajstić information content (AvgIpc) is 2.23. The molecule has 0 spiro atoms. The molecule has 0 saturated carbocycles. The van der Waals surface area contributed by atoms with Crippen molar-refractivity contribution >= 4 is 0 Å². The first kappa shape index (κ1) is 17.8. The van der Waals surface area contributed by atoms with Gasteiger partial charge in [0.15, 0.2) is 0 Å². The van der Waals surface area contributed by atoms with Gasteiger partial charge in [0.25, 0.3) is 0 Å². The van der Waals surface area contributed by atoms with E-state index in [1.165, 1.54) is 38.5 Å². The molecule has 0 aliphatic carbocycles. The van der Waals surface area contributed by atoms with Crippen molar-refractivity contribution in [2.24, 2.45) is 0 Å². The molecule has 2 heterocycles. The van der Waals surface area contributed by atoms with Crippen LogP contribution < -0.4 is 0 Å². The Bertz CT molecular complexity index is 317. The van der Waals surface area contributed by atoms with Gasteiger partial charge < -0.3 is 0 Å². The third-order valence-electron chi connectivity index (χ3n) is 5.43. The van der Waals surface area contributed by atoms with Crippen molar-refractivity contribution in [3.05, 3.63) is 0 Å². The van der Waals surface area contributed by atoms with Crippen LogP contribution in [0.4, 0.5) is 0 Å². The molecule has 0 N–H and O–H groups in total. The van der Waals surface area contributed by atoms with Crippen LogP contribution in [0.25, 0.3) is 0 Å². The van der Waals surface area contributed by atoms with Gasteiger partial charge in [-0.1, -0.05) is 0 Å². The van der Waals surface area contributed by atoms with Crippen molar-refractivity contribution in [1.29, 1.82) is 0 Å². The van der Waals surface area contributed by atoms with Gasteiger partial charge in [0.2, 0.25) is 0 Å². The number of nitrogens with zero attached hydrogens (tertiary/aromatic N) is 2. The molecule has 0 bridgehead atoms. The summed E-state index contributed by atoms with van der Waals surface area (Å²) >= 11 is 0.764. The van der Waals surface area contributed by atoms with E-state index in [0.29, 0.717) is 22.2 Å². The van der Waals surface area contributed by atoms with E-state index in [1.807, 2.05) is 0 Å². The molecule has 0 aromatic carbocycles. The van der Waals surface area contributed by atoms with Crippen molar-refractivity contribution in [2.45, 2.75) is 116 Å². The molecular formula is C18H36MnN2. The Hall–Kier alpha value is 0.439. The maximum atomic E-state index is 2.82. The molecule has 0 radical (unpaired) electrons. The predicted molar refractivity (Wildman–Crippen MR) is 87.7 cm³/mol. The number of piperidine rings is 2. The van der Waals surface area contributed by atoms with E-state index < -0.39 is 0 Å². The van der Waals surface area contributed by atoms with Gasteiger partial charge in [0.1, 0.15) is 0 Å². The molecule has 3 heteroatoms. The molecule has 2 rings (SSSR count). The van der Waals surface area contributed by atoms with Crippen LogP contribution in [0.1, 0.15) is 93.9 Å². The molecule has 125 valence electrons. The standard InChI is InChI=1S/2C9H18N.Mn/c2*1-8(2)6-5-7-9(3,4)10-8;/h2*5-7H2,1-4H3;/q2*-1;+2. The molecule has 2 aliphatic rings. The molecule has 2 saturated heterocycles. The average molecular weight is 335 g/mol. The van der Waals surface area contributed by atoms with Crippen LogP contribution in [0.5, 0.6) is 0 Å². The van der Waals surface area contributed by atoms with Gasteiger partial charge in [0, 0.05) is 0 Å². The third kappa shape index (κ3) is 3.52. The molecular weight excluding hydrogens is 299 g/mol. The summed E-state index contributed by atoms with van der Waals surface area (Å²) in [5, 5.41) is 0. The first-order chi connectivity index (χ1) is 9.39. The second-order valence-electron chi connectivity index (χ2n) is 9.59. The summed E-state index contributed by atoms with van der Waals surface area (Å²) in [6.45, 7) is 19.6. The fourth-order valence-corrected chi connectivity index (χ4v) is 6.47. The van der Waals surface area contributed by atoms with Gasteiger partial charge in [-0.3, -0.25) is 0 Å². The number of hydrogen-bond donors (Lipinski definition) is 0. The van der Waals surface area contributed by atoms with Crippen molar-refractivity contribution in [3.63, 3.8) is 0 Å². The second kappa shape index (κ2) is 5.51. The summed E-state index contributed by atoms with van der Waals surface area (Å²) in [5.41, 5.74) is 1.30. The monoisotopic (exact) mass is 335 g/mol. The normalized spacial score (nSPS) is 32.0. The molecule has 2 aliphatic heterocycles. The van der Waals surface area contributed by atoms with Crippen molar-refractivity contribution in [2.75, 3.05) is 0 Å². The Labute approximate surface area is 139 Å². The Morgan fingerprint density at radius 2 is 0.762 bits per heavy atom. The SMILES string of the molecule is CC1(C)CCCC(C)(C)[N]1[Mn][N]1C(C)(C)CCCC1(C)C. The van der Waals surface area contributed by atoms with E-state index >= 15 is 0 Å². The summed E-state index contributed by atoms with van der Waals surface area (Å²) in [5.74, 6) is 0. The van der Waals surface area contributed by atoms with E-state index in [1.54, 1.807) is 0 Å². The molecule has 0 aromatic rings. The zero-order valence-corrected chi connectivity index (χ0v) is 16.7. The summed E-state index contributed by atoms with van der Waals surface area (Å²) in [6, 6.07) is 0.